The number of methoxy groups -OCH3 is 1. The summed E-state index contributed by atoms with van der Waals surface area (Å²) in [6.45, 7) is 2.55. The van der Waals surface area contributed by atoms with Gasteiger partial charge < -0.3 is 14.5 Å². The van der Waals surface area contributed by atoms with Crippen LogP contribution in [-0.4, -0.2) is 23.2 Å². The minimum atomic E-state index is -0.0465. The van der Waals surface area contributed by atoms with Crippen LogP contribution in [0.15, 0.2) is 52.9 Å². The Morgan fingerprint density at radius 2 is 1.81 bits per heavy atom. The summed E-state index contributed by atoms with van der Waals surface area (Å²) in [4.78, 5) is 12.0. The van der Waals surface area contributed by atoms with E-state index in [9.17, 15) is 4.79 Å². The standard InChI is InChI=1S/C20H21N3O3/c1-14-3-5-15(6-4-14)13-21-18(24)11-12-19-22-23-20(26-19)16-7-9-17(25-2)10-8-16/h3-10H,11-13H2,1-2H3,(H,21,24). The molecule has 3 aromatic rings. The van der Waals surface area contributed by atoms with Gasteiger partial charge in [-0.1, -0.05) is 29.8 Å². The summed E-state index contributed by atoms with van der Waals surface area (Å²) in [6, 6.07) is 15.4. The van der Waals surface area contributed by atoms with Crippen LogP contribution in [0.4, 0.5) is 0 Å². The summed E-state index contributed by atoms with van der Waals surface area (Å²) >= 11 is 0. The number of hydrogen-bond donors (Lipinski definition) is 1. The Morgan fingerprint density at radius 3 is 2.50 bits per heavy atom. The van der Waals surface area contributed by atoms with E-state index in [0.29, 0.717) is 31.2 Å². The summed E-state index contributed by atoms with van der Waals surface area (Å²) in [5.74, 6) is 1.59. The average Bonchev–Trinajstić information content (AvgIpc) is 3.15. The molecule has 0 fully saturated rings. The molecule has 0 saturated heterocycles. The molecule has 0 aliphatic heterocycles. The summed E-state index contributed by atoms with van der Waals surface area (Å²) in [6.07, 6.45) is 0.707. The molecule has 26 heavy (non-hydrogen) atoms. The second-order valence-electron chi connectivity index (χ2n) is 5.99. The lowest BCUT2D eigenvalue weighted by Gasteiger charge is -2.04. The molecule has 0 aliphatic rings. The van der Waals surface area contributed by atoms with E-state index in [1.54, 1.807) is 7.11 Å². The van der Waals surface area contributed by atoms with E-state index in [-0.39, 0.29) is 5.91 Å². The number of rotatable bonds is 7. The topological polar surface area (TPSA) is 77.2 Å². The SMILES string of the molecule is COc1ccc(-c2nnc(CCC(=O)NCc3ccc(C)cc3)o2)cc1. The summed E-state index contributed by atoms with van der Waals surface area (Å²) < 4.78 is 10.8. The quantitative estimate of drug-likeness (QED) is 0.707. The van der Waals surface area contributed by atoms with Crippen molar-refractivity contribution in [3.05, 3.63) is 65.5 Å². The first kappa shape index (κ1) is 17.7. The number of nitrogens with zero attached hydrogens (tertiary/aromatic N) is 2. The number of ether oxygens (including phenoxy) is 1. The van der Waals surface area contributed by atoms with Crippen molar-refractivity contribution in [3.8, 4) is 17.2 Å². The molecular weight excluding hydrogens is 330 g/mol. The third kappa shape index (κ3) is 4.69. The zero-order valence-electron chi connectivity index (χ0n) is 14.9. The van der Waals surface area contributed by atoms with E-state index in [2.05, 4.69) is 15.5 Å². The van der Waals surface area contributed by atoms with Crippen LogP contribution in [0.25, 0.3) is 11.5 Å². The van der Waals surface area contributed by atoms with Crippen molar-refractivity contribution in [2.24, 2.45) is 0 Å². The minimum Gasteiger partial charge on any atom is -0.497 e. The van der Waals surface area contributed by atoms with Gasteiger partial charge in [-0.3, -0.25) is 4.79 Å². The number of aryl methyl sites for hydroxylation is 2. The Bertz CT molecular complexity index is 855. The van der Waals surface area contributed by atoms with Crippen LogP contribution < -0.4 is 10.1 Å². The monoisotopic (exact) mass is 351 g/mol. The van der Waals surface area contributed by atoms with Gasteiger partial charge in [0.05, 0.1) is 7.11 Å². The van der Waals surface area contributed by atoms with Gasteiger partial charge >= 0.3 is 0 Å². The van der Waals surface area contributed by atoms with E-state index < -0.39 is 0 Å². The zero-order valence-corrected chi connectivity index (χ0v) is 14.9. The molecule has 0 unspecified atom stereocenters. The molecule has 0 radical (unpaired) electrons. The number of aromatic nitrogens is 2. The van der Waals surface area contributed by atoms with Crippen molar-refractivity contribution in [1.29, 1.82) is 0 Å². The molecule has 1 aromatic heterocycles. The molecule has 6 heteroatoms. The van der Waals surface area contributed by atoms with Crippen molar-refractivity contribution in [1.82, 2.24) is 15.5 Å². The smallest absolute Gasteiger partial charge is 0.247 e. The highest BCUT2D eigenvalue weighted by Gasteiger charge is 2.10. The Kier molecular flexibility index (Phi) is 5.63. The molecule has 0 saturated carbocycles. The number of amides is 1. The third-order valence-corrected chi connectivity index (χ3v) is 3.98. The Balaban J connectivity index is 1.49. The van der Waals surface area contributed by atoms with Crippen molar-refractivity contribution in [2.45, 2.75) is 26.3 Å². The second-order valence-corrected chi connectivity index (χ2v) is 5.99. The lowest BCUT2D eigenvalue weighted by molar-refractivity contribution is -0.121. The van der Waals surface area contributed by atoms with E-state index >= 15 is 0 Å². The maximum Gasteiger partial charge on any atom is 0.247 e. The van der Waals surface area contributed by atoms with Crippen LogP contribution >= 0.6 is 0 Å². The maximum absolute atomic E-state index is 12.0. The fourth-order valence-corrected chi connectivity index (χ4v) is 2.42. The molecule has 1 amide bonds. The average molecular weight is 351 g/mol. The molecule has 0 atom stereocenters. The van der Waals surface area contributed by atoms with E-state index in [4.69, 9.17) is 9.15 Å². The van der Waals surface area contributed by atoms with Gasteiger partial charge in [0.1, 0.15) is 5.75 Å². The molecule has 0 bridgehead atoms. The van der Waals surface area contributed by atoms with Crippen molar-refractivity contribution >= 4 is 5.91 Å². The fraction of sp³-hybridized carbons (Fsp3) is 0.250. The third-order valence-electron chi connectivity index (χ3n) is 3.98. The Morgan fingerprint density at radius 1 is 1.08 bits per heavy atom. The molecule has 0 aliphatic carbocycles. The summed E-state index contributed by atoms with van der Waals surface area (Å²) in [5.41, 5.74) is 3.08. The van der Waals surface area contributed by atoms with Crippen LogP contribution in [0.2, 0.25) is 0 Å². The maximum atomic E-state index is 12.0. The number of carbonyl (C=O) groups is 1. The van der Waals surface area contributed by atoms with E-state index in [0.717, 1.165) is 16.9 Å². The van der Waals surface area contributed by atoms with Crippen LogP contribution in [0, 0.1) is 6.92 Å². The normalized spacial score (nSPS) is 10.5. The van der Waals surface area contributed by atoms with E-state index in [1.807, 2.05) is 55.5 Å². The lowest BCUT2D eigenvalue weighted by Crippen LogP contribution is -2.23. The van der Waals surface area contributed by atoms with Gasteiger partial charge in [0.2, 0.25) is 17.7 Å². The largest absolute Gasteiger partial charge is 0.497 e. The summed E-state index contributed by atoms with van der Waals surface area (Å²) in [7, 11) is 1.61. The Labute approximate surface area is 152 Å². The number of hydrogen-bond acceptors (Lipinski definition) is 5. The highest BCUT2D eigenvalue weighted by Crippen LogP contribution is 2.21. The summed E-state index contributed by atoms with van der Waals surface area (Å²) in [5, 5.41) is 10.9. The Hall–Kier alpha value is -3.15. The zero-order chi connectivity index (χ0) is 18.4. The molecule has 6 nitrogen and oxygen atoms in total. The van der Waals surface area contributed by atoms with Gasteiger partial charge in [0.25, 0.3) is 0 Å². The van der Waals surface area contributed by atoms with Gasteiger partial charge in [0.15, 0.2) is 0 Å². The van der Waals surface area contributed by atoms with Crippen LogP contribution in [0.5, 0.6) is 5.75 Å². The van der Waals surface area contributed by atoms with Gasteiger partial charge in [-0.05, 0) is 36.8 Å². The molecule has 3 rings (SSSR count). The van der Waals surface area contributed by atoms with Crippen LogP contribution in [0.3, 0.4) is 0 Å². The number of nitrogens with one attached hydrogen (secondary N) is 1. The first-order valence-corrected chi connectivity index (χ1v) is 8.43. The molecular formula is C20H21N3O3. The lowest BCUT2D eigenvalue weighted by atomic mass is 10.1. The van der Waals surface area contributed by atoms with Gasteiger partial charge in [-0.2, -0.15) is 0 Å². The van der Waals surface area contributed by atoms with E-state index in [1.165, 1.54) is 5.56 Å². The molecule has 1 N–H and O–H groups in total. The molecule has 1 heterocycles. The molecule has 2 aromatic carbocycles. The highest BCUT2D eigenvalue weighted by molar-refractivity contribution is 5.76. The highest BCUT2D eigenvalue weighted by atomic mass is 16.5. The number of benzene rings is 2. The fourth-order valence-electron chi connectivity index (χ4n) is 2.42. The molecule has 0 spiro atoms. The van der Waals surface area contributed by atoms with Crippen LogP contribution in [-0.2, 0) is 17.8 Å². The van der Waals surface area contributed by atoms with Crippen LogP contribution in [0.1, 0.15) is 23.4 Å². The second kappa shape index (κ2) is 8.29. The molecule has 134 valence electrons. The van der Waals surface area contributed by atoms with Crippen molar-refractivity contribution in [2.75, 3.05) is 7.11 Å². The van der Waals surface area contributed by atoms with Gasteiger partial charge in [-0.25, -0.2) is 0 Å². The number of carbonyl (C=O) groups excluding carboxylic acids is 1. The van der Waals surface area contributed by atoms with Crippen molar-refractivity contribution < 1.29 is 13.9 Å². The first-order chi connectivity index (χ1) is 12.6. The first-order valence-electron chi connectivity index (χ1n) is 8.43. The van der Waals surface area contributed by atoms with Gasteiger partial charge in [0, 0.05) is 24.9 Å². The predicted molar refractivity (Wildman–Crippen MR) is 97.6 cm³/mol. The minimum absolute atomic E-state index is 0.0465. The van der Waals surface area contributed by atoms with Gasteiger partial charge in [-0.15, -0.1) is 10.2 Å². The predicted octanol–water partition coefficient (Wildman–Crippen LogP) is 3.30. The van der Waals surface area contributed by atoms with Crippen molar-refractivity contribution in [3.63, 3.8) is 0 Å².